The maximum absolute atomic E-state index is 11.0. The Balaban J connectivity index is 2.98. The summed E-state index contributed by atoms with van der Waals surface area (Å²) >= 11 is 5.37. The van der Waals surface area contributed by atoms with E-state index in [0.717, 1.165) is 11.1 Å². The molecule has 0 unspecified atom stereocenters. The van der Waals surface area contributed by atoms with Crippen LogP contribution < -0.4 is 11.1 Å². The molecule has 3 N–H and O–H groups in total. The molecule has 0 heterocycles. The van der Waals surface area contributed by atoms with E-state index in [1.165, 1.54) is 0 Å². The quantitative estimate of drug-likeness (QED) is 0.583. The highest BCUT2D eigenvalue weighted by atomic mass is 35.5. The molecular weight excluding hydrogens is 200 g/mol. The highest BCUT2D eigenvalue weighted by Crippen LogP contribution is 2.22. The molecule has 0 spiro atoms. The fourth-order valence-electron chi connectivity index (χ4n) is 1.13. The summed E-state index contributed by atoms with van der Waals surface area (Å²) in [6, 6.07) is 3.67. The number of anilines is 2. The third-order valence-electron chi connectivity index (χ3n) is 2.06. The Hall–Kier alpha value is -1.22. The van der Waals surface area contributed by atoms with Crippen LogP contribution in [0.5, 0.6) is 0 Å². The highest BCUT2D eigenvalue weighted by molar-refractivity contribution is 6.29. The lowest BCUT2D eigenvalue weighted by atomic mass is 10.1. The van der Waals surface area contributed by atoms with Gasteiger partial charge in [-0.2, -0.15) is 0 Å². The van der Waals surface area contributed by atoms with Gasteiger partial charge in [-0.3, -0.25) is 4.79 Å². The van der Waals surface area contributed by atoms with Crippen molar-refractivity contribution in [1.29, 1.82) is 0 Å². The van der Waals surface area contributed by atoms with Crippen LogP contribution >= 0.6 is 11.6 Å². The van der Waals surface area contributed by atoms with Crippen molar-refractivity contribution in [3.8, 4) is 0 Å². The van der Waals surface area contributed by atoms with Gasteiger partial charge in [0.2, 0.25) is 5.91 Å². The SMILES string of the molecule is Cc1cc(N)c(NC(=O)CCl)cc1C. The van der Waals surface area contributed by atoms with E-state index < -0.39 is 0 Å². The number of hydrogen-bond acceptors (Lipinski definition) is 2. The fourth-order valence-corrected chi connectivity index (χ4v) is 1.20. The van der Waals surface area contributed by atoms with E-state index >= 15 is 0 Å². The first-order chi connectivity index (χ1) is 6.54. The Morgan fingerprint density at radius 2 is 2.00 bits per heavy atom. The largest absolute Gasteiger partial charge is 0.397 e. The number of alkyl halides is 1. The van der Waals surface area contributed by atoms with Crippen LogP contribution in [0.4, 0.5) is 11.4 Å². The maximum Gasteiger partial charge on any atom is 0.239 e. The summed E-state index contributed by atoms with van der Waals surface area (Å²) in [5.41, 5.74) is 9.11. The van der Waals surface area contributed by atoms with Gasteiger partial charge in [-0.25, -0.2) is 0 Å². The van der Waals surface area contributed by atoms with Crippen LogP contribution in [0.1, 0.15) is 11.1 Å². The molecule has 0 aromatic heterocycles. The van der Waals surface area contributed by atoms with Crippen molar-refractivity contribution in [1.82, 2.24) is 0 Å². The number of nitrogens with two attached hydrogens (primary N) is 1. The number of aryl methyl sites for hydroxylation is 2. The topological polar surface area (TPSA) is 55.1 Å². The fraction of sp³-hybridized carbons (Fsp3) is 0.300. The van der Waals surface area contributed by atoms with E-state index in [1.807, 2.05) is 26.0 Å². The van der Waals surface area contributed by atoms with Crippen LogP contribution in [0.25, 0.3) is 0 Å². The zero-order chi connectivity index (χ0) is 10.7. The molecule has 3 nitrogen and oxygen atoms in total. The number of halogens is 1. The summed E-state index contributed by atoms with van der Waals surface area (Å²) in [6.45, 7) is 3.93. The van der Waals surface area contributed by atoms with E-state index in [4.69, 9.17) is 17.3 Å². The molecular formula is C10H13ClN2O. The molecule has 0 bridgehead atoms. The van der Waals surface area contributed by atoms with Crippen LogP contribution in [0.15, 0.2) is 12.1 Å². The molecule has 14 heavy (non-hydrogen) atoms. The van der Waals surface area contributed by atoms with Gasteiger partial charge in [0.25, 0.3) is 0 Å². The lowest BCUT2D eigenvalue weighted by Gasteiger charge is -2.09. The summed E-state index contributed by atoms with van der Waals surface area (Å²) in [7, 11) is 0. The molecule has 1 rings (SSSR count). The third kappa shape index (κ3) is 2.39. The first kappa shape index (κ1) is 10.9. The minimum atomic E-state index is -0.249. The second-order valence-electron chi connectivity index (χ2n) is 3.21. The van der Waals surface area contributed by atoms with Gasteiger partial charge in [0.15, 0.2) is 0 Å². The summed E-state index contributed by atoms with van der Waals surface area (Å²) < 4.78 is 0. The van der Waals surface area contributed by atoms with E-state index in [9.17, 15) is 4.79 Å². The molecule has 4 heteroatoms. The van der Waals surface area contributed by atoms with Crippen LogP contribution in [0, 0.1) is 13.8 Å². The van der Waals surface area contributed by atoms with Gasteiger partial charge in [-0.15, -0.1) is 11.6 Å². The van der Waals surface area contributed by atoms with E-state index in [0.29, 0.717) is 11.4 Å². The Morgan fingerprint density at radius 3 is 2.57 bits per heavy atom. The number of carbonyl (C=O) groups is 1. The lowest BCUT2D eigenvalue weighted by molar-refractivity contribution is -0.113. The zero-order valence-corrected chi connectivity index (χ0v) is 8.98. The van der Waals surface area contributed by atoms with Crippen molar-refractivity contribution in [2.75, 3.05) is 16.9 Å². The number of hydrogen-bond donors (Lipinski definition) is 2. The molecule has 1 aromatic rings. The zero-order valence-electron chi connectivity index (χ0n) is 8.23. The molecule has 76 valence electrons. The van der Waals surface area contributed by atoms with Crippen LogP contribution in [0.2, 0.25) is 0 Å². The summed E-state index contributed by atoms with van der Waals surface area (Å²) in [6.07, 6.45) is 0. The lowest BCUT2D eigenvalue weighted by Crippen LogP contribution is -2.14. The second kappa shape index (κ2) is 4.33. The van der Waals surface area contributed by atoms with Gasteiger partial charge < -0.3 is 11.1 Å². The summed E-state index contributed by atoms with van der Waals surface area (Å²) in [5, 5.41) is 2.63. The maximum atomic E-state index is 11.0. The molecule has 0 atom stereocenters. The Morgan fingerprint density at radius 1 is 1.43 bits per heavy atom. The van der Waals surface area contributed by atoms with Crippen molar-refractivity contribution in [3.05, 3.63) is 23.3 Å². The molecule has 0 saturated carbocycles. The number of carbonyl (C=O) groups excluding carboxylic acids is 1. The monoisotopic (exact) mass is 212 g/mol. The predicted molar refractivity (Wildman–Crippen MR) is 59.7 cm³/mol. The standard InChI is InChI=1S/C10H13ClN2O/c1-6-3-8(12)9(4-7(6)2)13-10(14)5-11/h3-4H,5,12H2,1-2H3,(H,13,14). The molecule has 0 aliphatic heterocycles. The molecule has 0 saturated heterocycles. The average Bonchev–Trinajstić information content (AvgIpc) is 2.14. The van der Waals surface area contributed by atoms with Gasteiger partial charge in [0.1, 0.15) is 5.88 Å². The van der Waals surface area contributed by atoms with Crippen LogP contribution in [-0.4, -0.2) is 11.8 Å². The van der Waals surface area contributed by atoms with Crippen molar-refractivity contribution >= 4 is 28.9 Å². The van der Waals surface area contributed by atoms with Crippen molar-refractivity contribution in [2.24, 2.45) is 0 Å². The number of benzene rings is 1. The average molecular weight is 213 g/mol. The van der Waals surface area contributed by atoms with E-state index in [-0.39, 0.29) is 11.8 Å². The highest BCUT2D eigenvalue weighted by Gasteiger charge is 2.05. The summed E-state index contributed by atoms with van der Waals surface area (Å²) in [4.78, 5) is 11.0. The third-order valence-corrected chi connectivity index (χ3v) is 2.30. The van der Waals surface area contributed by atoms with Crippen LogP contribution in [-0.2, 0) is 4.79 Å². The number of nitrogen functional groups attached to an aromatic ring is 1. The first-order valence-corrected chi connectivity index (χ1v) is 4.80. The smallest absolute Gasteiger partial charge is 0.239 e. The van der Waals surface area contributed by atoms with Crippen LogP contribution in [0.3, 0.4) is 0 Å². The minimum absolute atomic E-state index is 0.0631. The molecule has 1 amide bonds. The molecule has 1 aromatic carbocycles. The van der Waals surface area contributed by atoms with Crippen molar-refractivity contribution in [2.45, 2.75) is 13.8 Å². The van der Waals surface area contributed by atoms with Gasteiger partial charge in [-0.05, 0) is 37.1 Å². The van der Waals surface area contributed by atoms with Crippen molar-refractivity contribution in [3.63, 3.8) is 0 Å². The molecule has 0 aliphatic carbocycles. The molecule has 0 aliphatic rings. The van der Waals surface area contributed by atoms with Gasteiger partial charge in [-0.1, -0.05) is 0 Å². The molecule has 0 fully saturated rings. The number of amides is 1. The summed E-state index contributed by atoms with van der Waals surface area (Å²) in [5.74, 6) is -0.312. The minimum Gasteiger partial charge on any atom is -0.397 e. The van der Waals surface area contributed by atoms with Crippen molar-refractivity contribution < 1.29 is 4.79 Å². The predicted octanol–water partition coefficient (Wildman–Crippen LogP) is 2.06. The van der Waals surface area contributed by atoms with E-state index in [1.54, 1.807) is 0 Å². The Labute approximate surface area is 88.2 Å². The van der Waals surface area contributed by atoms with E-state index in [2.05, 4.69) is 5.32 Å². The number of rotatable bonds is 2. The van der Waals surface area contributed by atoms with Gasteiger partial charge >= 0.3 is 0 Å². The normalized spacial score (nSPS) is 9.93. The first-order valence-electron chi connectivity index (χ1n) is 4.27. The van der Waals surface area contributed by atoms with Gasteiger partial charge in [0.05, 0.1) is 11.4 Å². The Kier molecular flexibility index (Phi) is 3.36. The van der Waals surface area contributed by atoms with Gasteiger partial charge in [0, 0.05) is 0 Å². The second-order valence-corrected chi connectivity index (χ2v) is 3.47. The molecule has 0 radical (unpaired) electrons. The Bertz CT molecular complexity index is 363. The number of nitrogens with one attached hydrogen (secondary N) is 1.